The third kappa shape index (κ3) is 3.74. The fraction of sp³-hybridized carbons (Fsp3) is 0.250. The van der Waals surface area contributed by atoms with E-state index in [9.17, 15) is 4.79 Å². The molecule has 0 fully saturated rings. The molecular weight excluding hydrogens is 330 g/mol. The number of aromatic nitrogens is 2. The zero-order valence-corrected chi connectivity index (χ0v) is 12.8. The second-order valence-electron chi connectivity index (χ2n) is 3.93. The topological polar surface area (TPSA) is 64.1 Å². The van der Waals surface area contributed by atoms with E-state index in [1.54, 1.807) is 12.4 Å². The van der Waals surface area contributed by atoms with Crippen molar-refractivity contribution in [2.75, 3.05) is 5.32 Å². The van der Waals surface area contributed by atoms with Crippen molar-refractivity contribution in [2.45, 2.75) is 20.0 Å². The molecule has 0 bridgehead atoms. The first kappa shape index (κ1) is 14.0. The maximum absolute atomic E-state index is 11.9. The highest BCUT2D eigenvalue weighted by Gasteiger charge is 2.17. The average Bonchev–Trinajstić information content (AvgIpc) is 2.85. The average molecular weight is 342 g/mol. The van der Waals surface area contributed by atoms with Crippen LogP contribution in [0.25, 0.3) is 0 Å². The highest BCUT2D eigenvalue weighted by molar-refractivity contribution is 9.10. The van der Waals surface area contributed by atoms with E-state index in [0.717, 1.165) is 10.0 Å². The summed E-state index contributed by atoms with van der Waals surface area (Å²) < 4.78 is 6.43. The molecule has 0 aliphatic heterocycles. The molecule has 1 amide bonds. The van der Waals surface area contributed by atoms with Gasteiger partial charge in [-0.1, -0.05) is 17.4 Å². The molecule has 1 aromatic carbocycles. The van der Waals surface area contributed by atoms with Crippen LogP contribution in [0.15, 0.2) is 28.2 Å². The van der Waals surface area contributed by atoms with Crippen molar-refractivity contribution in [3.05, 3.63) is 33.7 Å². The Morgan fingerprint density at radius 1 is 1.53 bits per heavy atom. The Hall–Kier alpha value is -1.47. The summed E-state index contributed by atoms with van der Waals surface area (Å²) in [5.41, 5.74) is 2.67. The first-order valence-corrected chi connectivity index (χ1v) is 7.23. The Balaban J connectivity index is 2.00. The molecule has 0 saturated heterocycles. The third-order valence-electron chi connectivity index (χ3n) is 2.35. The first-order chi connectivity index (χ1) is 9.06. The number of halogens is 1. The molecular formula is C12H12BrN3O2S. The summed E-state index contributed by atoms with van der Waals surface area (Å²) in [5.74, 6) is 0.370. The predicted octanol–water partition coefficient (Wildman–Crippen LogP) is 3.02. The zero-order chi connectivity index (χ0) is 13.8. The second kappa shape index (κ2) is 6.12. The summed E-state index contributed by atoms with van der Waals surface area (Å²) in [6.07, 6.45) is -0.622. The number of ether oxygens (including phenoxy) is 1. The van der Waals surface area contributed by atoms with Gasteiger partial charge in [0.1, 0.15) is 11.3 Å². The molecule has 19 heavy (non-hydrogen) atoms. The monoisotopic (exact) mass is 341 g/mol. The molecule has 0 spiro atoms. The maximum atomic E-state index is 11.9. The van der Waals surface area contributed by atoms with E-state index in [-0.39, 0.29) is 5.91 Å². The Morgan fingerprint density at radius 2 is 2.32 bits per heavy atom. The van der Waals surface area contributed by atoms with E-state index in [4.69, 9.17) is 4.74 Å². The van der Waals surface area contributed by atoms with Gasteiger partial charge in [0.25, 0.3) is 5.91 Å². The smallest absolute Gasteiger partial charge is 0.266 e. The molecule has 0 aliphatic rings. The quantitative estimate of drug-likeness (QED) is 0.928. The van der Waals surface area contributed by atoms with Crippen LogP contribution in [-0.4, -0.2) is 22.2 Å². The van der Waals surface area contributed by atoms with Gasteiger partial charge in [-0.3, -0.25) is 10.1 Å². The molecule has 1 atom stereocenters. The van der Waals surface area contributed by atoms with E-state index in [1.807, 2.05) is 25.1 Å². The predicted molar refractivity (Wildman–Crippen MR) is 77.5 cm³/mol. The molecule has 0 radical (unpaired) electrons. The zero-order valence-electron chi connectivity index (χ0n) is 10.4. The minimum absolute atomic E-state index is 0.260. The van der Waals surface area contributed by atoms with Crippen molar-refractivity contribution in [1.29, 1.82) is 0 Å². The van der Waals surface area contributed by atoms with Gasteiger partial charge in [0.15, 0.2) is 6.10 Å². The van der Waals surface area contributed by atoms with Gasteiger partial charge >= 0.3 is 0 Å². The van der Waals surface area contributed by atoms with E-state index in [0.29, 0.717) is 10.9 Å². The van der Waals surface area contributed by atoms with Crippen LogP contribution in [0.4, 0.5) is 5.13 Å². The van der Waals surface area contributed by atoms with Gasteiger partial charge in [0, 0.05) is 0 Å². The molecule has 0 unspecified atom stereocenters. The van der Waals surface area contributed by atoms with Crippen LogP contribution in [-0.2, 0) is 4.79 Å². The fourth-order valence-electron chi connectivity index (χ4n) is 1.38. The van der Waals surface area contributed by atoms with Crippen LogP contribution in [0.2, 0.25) is 0 Å². The third-order valence-corrected chi connectivity index (χ3v) is 3.58. The normalized spacial score (nSPS) is 11.9. The molecule has 1 aromatic heterocycles. The van der Waals surface area contributed by atoms with Gasteiger partial charge < -0.3 is 4.74 Å². The molecule has 100 valence electrons. The van der Waals surface area contributed by atoms with Gasteiger partial charge in [-0.05, 0) is 47.5 Å². The van der Waals surface area contributed by atoms with Crippen molar-refractivity contribution >= 4 is 38.3 Å². The summed E-state index contributed by atoms with van der Waals surface area (Å²) in [4.78, 5) is 11.9. The van der Waals surface area contributed by atoms with Gasteiger partial charge in [-0.2, -0.15) is 0 Å². The van der Waals surface area contributed by atoms with E-state index >= 15 is 0 Å². The number of anilines is 1. The summed E-state index contributed by atoms with van der Waals surface area (Å²) in [6.45, 7) is 3.67. The number of carbonyl (C=O) groups is 1. The second-order valence-corrected chi connectivity index (χ2v) is 5.61. The number of hydrogen-bond donors (Lipinski definition) is 1. The van der Waals surface area contributed by atoms with Crippen LogP contribution >= 0.6 is 27.3 Å². The molecule has 0 saturated carbocycles. The van der Waals surface area contributed by atoms with Crippen LogP contribution in [0.5, 0.6) is 5.75 Å². The maximum Gasteiger partial charge on any atom is 0.266 e. The SMILES string of the molecule is Cc1ccc(O[C@@H](C)C(=O)Nc2nncs2)c(Br)c1. The largest absolute Gasteiger partial charge is 0.480 e. The Labute approximate surface area is 123 Å². The number of hydrogen-bond acceptors (Lipinski definition) is 5. The molecule has 2 aromatic rings. The molecule has 1 N–H and O–H groups in total. The van der Waals surface area contributed by atoms with Crippen LogP contribution in [0, 0.1) is 6.92 Å². The number of amides is 1. The molecule has 1 heterocycles. The Bertz CT molecular complexity index is 574. The number of rotatable bonds is 4. The van der Waals surface area contributed by atoms with Gasteiger partial charge in [0.2, 0.25) is 5.13 Å². The summed E-state index contributed by atoms with van der Waals surface area (Å²) in [7, 11) is 0. The number of aryl methyl sites for hydroxylation is 1. The molecule has 5 nitrogen and oxygen atoms in total. The lowest BCUT2D eigenvalue weighted by atomic mass is 10.2. The fourth-order valence-corrected chi connectivity index (χ4v) is 2.41. The number of nitrogens with one attached hydrogen (secondary N) is 1. The van der Waals surface area contributed by atoms with E-state index < -0.39 is 6.10 Å². The summed E-state index contributed by atoms with van der Waals surface area (Å²) in [6, 6.07) is 5.69. The summed E-state index contributed by atoms with van der Waals surface area (Å²) >= 11 is 4.67. The lowest BCUT2D eigenvalue weighted by molar-refractivity contribution is -0.122. The Kier molecular flexibility index (Phi) is 4.49. The van der Waals surface area contributed by atoms with Crippen LogP contribution in [0.1, 0.15) is 12.5 Å². The number of carbonyl (C=O) groups excluding carboxylic acids is 1. The minimum atomic E-state index is -0.622. The van der Waals surface area contributed by atoms with E-state index in [1.165, 1.54) is 11.3 Å². The molecule has 2 rings (SSSR count). The van der Waals surface area contributed by atoms with Crippen molar-refractivity contribution in [3.63, 3.8) is 0 Å². The van der Waals surface area contributed by atoms with Gasteiger partial charge in [0.05, 0.1) is 4.47 Å². The standard InChI is InChI=1S/C12H12BrN3O2S/c1-7-3-4-10(9(13)5-7)18-8(2)11(17)15-12-16-14-6-19-12/h3-6,8H,1-2H3,(H,15,16,17)/t8-/m0/s1. The highest BCUT2D eigenvalue weighted by atomic mass is 79.9. The highest BCUT2D eigenvalue weighted by Crippen LogP contribution is 2.26. The van der Waals surface area contributed by atoms with Crippen LogP contribution in [0.3, 0.4) is 0 Å². The minimum Gasteiger partial charge on any atom is -0.480 e. The first-order valence-electron chi connectivity index (χ1n) is 5.56. The van der Waals surface area contributed by atoms with E-state index in [2.05, 4.69) is 31.4 Å². The van der Waals surface area contributed by atoms with Crippen molar-refractivity contribution in [2.24, 2.45) is 0 Å². The van der Waals surface area contributed by atoms with Crippen LogP contribution < -0.4 is 10.1 Å². The number of benzene rings is 1. The van der Waals surface area contributed by atoms with Gasteiger partial charge in [-0.25, -0.2) is 0 Å². The van der Waals surface area contributed by atoms with Crippen molar-refractivity contribution in [3.8, 4) is 5.75 Å². The van der Waals surface area contributed by atoms with Gasteiger partial charge in [-0.15, -0.1) is 10.2 Å². The number of nitrogens with zero attached hydrogens (tertiary/aromatic N) is 2. The molecule has 7 heteroatoms. The van der Waals surface area contributed by atoms with Crippen molar-refractivity contribution in [1.82, 2.24) is 10.2 Å². The summed E-state index contributed by atoms with van der Waals surface area (Å²) in [5, 5.41) is 10.5. The van der Waals surface area contributed by atoms with Crippen molar-refractivity contribution < 1.29 is 9.53 Å². The lowest BCUT2D eigenvalue weighted by Crippen LogP contribution is -2.30. The lowest BCUT2D eigenvalue weighted by Gasteiger charge is -2.15. The Morgan fingerprint density at radius 3 is 2.95 bits per heavy atom. The molecule has 0 aliphatic carbocycles.